The molecule has 0 spiro atoms. The molecule has 11 heteroatoms. The Morgan fingerprint density at radius 1 is 1.14 bits per heavy atom. The number of aromatic nitrogens is 3. The van der Waals surface area contributed by atoms with Crippen molar-refractivity contribution in [3.8, 4) is 0 Å². The number of ether oxygens (including phenoxy) is 1. The fourth-order valence-electron chi connectivity index (χ4n) is 4.13. The van der Waals surface area contributed by atoms with Crippen molar-refractivity contribution in [2.45, 2.75) is 65.0 Å². The molecule has 1 fully saturated rings. The summed E-state index contributed by atoms with van der Waals surface area (Å²) in [6.07, 6.45) is -4.17. The van der Waals surface area contributed by atoms with E-state index in [2.05, 4.69) is 54.7 Å². The fourth-order valence-corrected chi connectivity index (χ4v) is 5.52. The lowest BCUT2D eigenvalue weighted by atomic mass is 9.98. The minimum absolute atomic E-state index is 0.00624. The molecule has 37 heavy (non-hydrogen) atoms. The van der Waals surface area contributed by atoms with Crippen molar-refractivity contribution in [3.63, 3.8) is 0 Å². The minimum Gasteiger partial charge on any atom is -0.411 e. The highest BCUT2D eigenvalue weighted by Crippen LogP contribution is 2.38. The third-order valence-electron chi connectivity index (χ3n) is 7.52. The van der Waals surface area contributed by atoms with Crippen molar-refractivity contribution in [1.82, 2.24) is 14.6 Å². The standard InChI is InChI=1S/C26H34BrF3N4O2Si/c1-17-18(8-7-9-19(17)26(28,29)30)14-22-21(16-36-37(5,6)25(2,3)4)31-24-20(27)15-23(32-34(22)24)33-10-12-35-13-11-33/h7-9,15H,10-14,16H2,1-6H3. The zero-order valence-corrected chi connectivity index (χ0v) is 24.8. The molecule has 0 N–H and O–H groups in total. The van der Waals surface area contributed by atoms with E-state index in [1.165, 1.54) is 13.0 Å². The monoisotopic (exact) mass is 598 g/mol. The summed E-state index contributed by atoms with van der Waals surface area (Å²) < 4.78 is 55.5. The molecule has 6 nitrogen and oxygen atoms in total. The van der Waals surface area contributed by atoms with Gasteiger partial charge in [-0.15, -0.1) is 5.10 Å². The first-order valence-electron chi connectivity index (χ1n) is 12.4. The van der Waals surface area contributed by atoms with Crippen molar-refractivity contribution in [2.24, 2.45) is 0 Å². The number of benzene rings is 1. The van der Waals surface area contributed by atoms with Gasteiger partial charge in [0.15, 0.2) is 19.8 Å². The first kappa shape index (κ1) is 28.1. The summed E-state index contributed by atoms with van der Waals surface area (Å²) in [4.78, 5) is 7.00. The number of hydrogen-bond acceptors (Lipinski definition) is 5. The predicted octanol–water partition coefficient (Wildman–Crippen LogP) is 6.77. The van der Waals surface area contributed by atoms with Gasteiger partial charge in [-0.2, -0.15) is 13.2 Å². The van der Waals surface area contributed by atoms with E-state index in [9.17, 15) is 13.2 Å². The zero-order chi connectivity index (χ0) is 27.2. The molecule has 1 aliphatic heterocycles. The lowest BCUT2D eigenvalue weighted by Gasteiger charge is -2.36. The average Bonchev–Trinajstić information content (AvgIpc) is 3.16. The van der Waals surface area contributed by atoms with Crippen LogP contribution in [0.5, 0.6) is 0 Å². The zero-order valence-electron chi connectivity index (χ0n) is 22.2. The molecule has 3 heterocycles. The maximum Gasteiger partial charge on any atom is 0.416 e. The molecule has 3 aromatic rings. The van der Waals surface area contributed by atoms with Crippen molar-refractivity contribution < 1.29 is 22.3 Å². The Kier molecular flexibility index (Phi) is 7.82. The van der Waals surface area contributed by atoms with E-state index in [4.69, 9.17) is 19.2 Å². The van der Waals surface area contributed by atoms with Crippen LogP contribution in [0.2, 0.25) is 18.1 Å². The molecule has 4 rings (SSSR count). The average molecular weight is 600 g/mol. The molecule has 0 bridgehead atoms. The van der Waals surface area contributed by atoms with Crippen LogP contribution in [-0.4, -0.2) is 49.2 Å². The van der Waals surface area contributed by atoms with Crippen LogP contribution < -0.4 is 4.90 Å². The smallest absolute Gasteiger partial charge is 0.411 e. The van der Waals surface area contributed by atoms with E-state index in [1.807, 2.05) is 6.07 Å². The number of rotatable bonds is 6. The second-order valence-electron chi connectivity index (χ2n) is 11.0. The number of alkyl halides is 3. The van der Waals surface area contributed by atoms with Crippen LogP contribution in [0.3, 0.4) is 0 Å². The van der Waals surface area contributed by atoms with Crippen molar-refractivity contribution in [2.75, 3.05) is 31.2 Å². The van der Waals surface area contributed by atoms with Gasteiger partial charge >= 0.3 is 6.18 Å². The lowest BCUT2D eigenvalue weighted by molar-refractivity contribution is -0.138. The summed E-state index contributed by atoms with van der Waals surface area (Å²) in [5, 5.41) is 4.90. The van der Waals surface area contributed by atoms with Gasteiger partial charge < -0.3 is 14.1 Å². The summed E-state index contributed by atoms with van der Waals surface area (Å²) >= 11 is 3.66. The van der Waals surface area contributed by atoms with Crippen LogP contribution >= 0.6 is 15.9 Å². The van der Waals surface area contributed by atoms with Crippen molar-refractivity contribution >= 4 is 35.7 Å². The number of imidazole rings is 1. The van der Waals surface area contributed by atoms with Crippen LogP contribution in [-0.2, 0) is 28.4 Å². The van der Waals surface area contributed by atoms with Crippen molar-refractivity contribution in [3.05, 3.63) is 56.8 Å². The fraction of sp³-hybridized carbons (Fsp3) is 0.538. The van der Waals surface area contributed by atoms with Gasteiger partial charge in [0.05, 0.1) is 41.2 Å². The van der Waals surface area contributed by atoms with Crippen LogP contribution in [0.25, 0.3) is 5.65 Å². The molecule has 202 valence electrons. The molecule has 0 saturated carbocycles. The van der Waals surface area contributed by atoms with E-state index in [0.717, 1.165) is 22.1 Å². The van der Waals surface area contributed by atoms with Crippen LogP contribution in [0.4, 0.5) is 19.0 Å². The number of fused-ring (bicyclic) bond motifs is 1. The molecule has 1 aromatic carbocycles. The summed E-state index contributed by atoms with van der Waals surface area (Å²) in [7, 11) is -2.10. The largest absolute Gasteiger partial charge is 0.416 e. The maximum absolute atomic E-state index is 13.6. The molecule has 1 saturated heterocycles. The SMILES string of the molecule is Cc1c(Cc2c(CO[Si](C)(C)C(C)(C)C)nc3c(Br)cc(N4CCOCC4)nn23)cccc1C(F)(F)F. The Morgan fingerprint density at radius 3 is 2.43 bits per heavy atom. The van der Waals surface area contributed by atoms with E-state index in [0.29, 0.717) is 43.2 Å². The quantitative estimate of drug-likeness (QED) is 0.293. The van der Waals surface area contributed by atoms with Gasteiger partial charge in [-0.3, -0.25) is 0 Å². The Hall–Kier alpha value is -1.95. The molecule has 0 atom stereocenters. The van der Waals surface area contributed by atoms with E-state index in [1.54, 1.807) is 10.6 Å². The number of anilines is 1. The third kappa shape index (κ3) is 5.89. The maximum atomic E-state index is 13.6. The molecular formula is C26H34BrF3N4O2Si. The molecule has 1 aliphatic rings. The summed E-state index contributed by atoms with van der Waals surface area (Å²) in [6, 6.07) is 6.26. The number of morpholine rings is 1. The third-order valence-corrected chi connectivity index (χ3v) is 12.6. The summed E-state index contributed by atoms with van der Waals surface area (Å²) in [6.45, 7) is 15.3. The van der Waals surface area contributed by atoms with Gasteiger partial charge in [-0.1, -0.05) is 32.9 Å². The molecule has 0 aliphatic carbocycles. The van der Waals surface area contributed by atoms with Gasteiger partial charge in [0.2, 0.25) is 0 Å². The molecule has 2 aromatic heterocycles. The van der Waals surface area contributed by atoms with E-state index in [-0.39, 0.29) is 23.6 Å². The Bertz CT molecular complexity index is 1280. The Morgan fingerprint density at radius 2 is 1.81 bits per heavy atom. The molecule has 0 unspecified atom stereocenters. The predicted molar refractivity (Wildman–Crippen MR) is 145 cm³/mol. The van der Waals surface area contributed by atoms with Gasteiger partial charge in [0.1, 0.15) is 0 Å². The Balaban J connectivity index is 1.82. The van der Waals surface area contributed by atoms with E-state index >= 15 is 0 Å². The molecule has 0 radical (unpaired) electrons. The second kappa shape index (κ2) is 10.3. The highest BCUT2D eigenvalue weighted by molar-refractivity contribution is 9.10. The highest BCUT2D eigenvalue weighted by atomic mass is 79.9. The summed E-state index contributed by atoms with van der Waals surface area (Å²) in [5.74, 6) is 0.763. The van der Waals surface area contributed by atoms with Crippen molar-refractivity contribution in [1.29, 1.82) is 0 Å². The lowest BCUT2D eigenvalue weighted by Crippen LogP contribution is -2.40. The van der Waals surface area contributed by atoms with Gasteiger partial charge in [-0.05, 0) is 58.2 Å². The first-order valence-corrected chi connectivity index (χ1v) is 16.1. The summed E-state index contributed by atoms with van der Waals surface area (Å²) in [5.41, 5.74) is 2.21. The topological polar surface area (TPSA) is 51.9 Å². The second-order valence-corrected chi connectivity index (χ2v) is 16.7. The van der Waals surface area contributed by atoms with Gasteiger partial charge in [0, 0.05) is 25.6 Å². The van der Waals surface area contributed by atoms with Gasteiger partial charge in [-0.25, -0.2) is 9.50 Å². The van der Waals surface area contributed by atoms with E-state index < -0.39 is 20.1 Å². The Labute approximate surface area is 225 Å². The van der Waals surface area contributed by atoms with Gasteiger partial charge in [0.25, 0.3) is 0 Å². The normalized spacial score (nSPS) is 15.6. The highest BCUT2D eigenvalue weighted by Gasteiger charge is 2.38. The molecule has 0 amide bonds. The number of nitrogens with zero attached hydrogens (tertiary/aromatic N) is 4. The first-order chi connectivity index (χ1) is 17.2. The number of hydrogen-bond donors (Lipinski definition) is 0. The number of halogens is 4. The molecular weight excluding hydrogens is 565 g/mol. The van der Waals surface area contributed by atoms with Crippen LogP contribution in [0.15, 0.2) is 28.7 Å². The minimum atomic E-state index is -4.42. The van der Waals surface area contributed by atoms with Crippen LogP contribution in [0.1, 0.15) is 48.8 Å². The van der Waals surface area contributed by atoms with Crippen LogP contribution in [0, 0.1) is 6.92 Å².